The molecule has 1 unspecified atom stereocenters. The van der Waals surface area contributed by atoms with E-state index in [4.69, 9.17) is 0 Å². The molecule has 0 saturated heterocycles. The van der Waals surface area contributed by atoms with Gasteiger partial charge in [0.05, 0.1) is 12.0 Å². The van der Waals surface area contributed by atoms with Gasteiger partial charge in [0.25, 0.3) is 0 Å². The maximum Gasteiger partial charge on any atom is 0.176 e. The van der Waals surface area contributed by atoms with Gasteiger partial charge in [-0.25, -0.2) is 0 Å². The Morgan fingerprint density at radius 1 is 1.08 bits per heavy atom. The van der Waals surface area contributed by atoms with Gasteiger partial charge in [0.2, 0.25) is 0 Å². The van der Waals surface area contributed by atoms with Crippen LogP contribution >= 0.6 is 0 Å². The molecule has 3 N–H and O–H groups in total. The standard InChI is InChI=1S/C21H36O5/c1-7-14(6)18(23)17-19(24)15(10-8-12(2)3)21(26,20(17)25)16(22)11-9-13(4)5/h12-16,22,25-26H,7-11H2,1-6H3/t14?,15-,16-,21+/m1/s1. The Hall–Kier alpha value is -1.20. The van der Waals surface area contributed by atoms with Gasteiger partial charge in [-0.2, -0.15) is 0 Å². The third-order valence-electron chi connectivity index (χ3n) is 5.57. The van der Waals surface area contributed by atoms with Gasteiger partial charge < -0.3 is 15.3 Å². The maximum absolute atomic E-state index is 12.9. The molecule has 1 aliphatic carbocycles. The van der Waals surface area contributed by atoms with E-state index in [1.165, 1.54) is 0 Å². The van der Waals surface area contributed by atoms with Crippen molar-refractivity contribution in [1.29, 1.82) is 0 Å². The summed E-state index contributed by atoms with van der Waals surface area (Å²) in [5, 5.41) is 32.6. The molecule has 26 heavy (non-hydrogen) atoms. The predicted molar refractivity (Wildman–Crippen MR) is 102 cm³/mol. The van der Waals surface area contributed by atoms with Crippen LogP contribution in [0.3, 0.4) is 0 Å². The van der Waals surface area contributed by atoms with Crippen molar-refractivity contribution in [3.8, 4) is 0 Å². The van der Waals surface area contributed by atoms with E-state index in [9.17, 15) is 24.9 Å². The van der Waals surface area contributed by atoms with E-state index < -0.39 is 40.9 Å². The van der Waals surface area contributed by atoms with Crippen LogP contribution in [-0.4, -0.2) is 38.6 Å². The molecule has 0 saturated carbocycles. The average molecular weight is 369 g/mol. The summed E-state index contributed by atoms with van der Waals surface area (Å²) in [6, 6.07) is 0. The highest BCUT2D eigenvalue weighted by atomic mass is 16.4. The minimum atomic E-state index is -2.07. The van der Waals surface area contributed by atoms with Gasteiger partial charge in [-0.05, 0) is 37.5 Å². The molecule has 1 aliphatic rings. The number of hydrogen-bond donors (Lipinski definition) is 3. The van der Waals surface area contributed by atoms with Crippen molar-refractivity contribution in [1.82, 2.24) is 0 Å². The first-order chi connectivity index (χ1) is 12.0. The number of carbonyl (C=O) groups is 2. The Bertz CT molecular complexity index is 549. The highest BCUT2D eigenvalue weighted by Gasteiger charge is 2.58. The number of rotatable bonds is 10. The molecule has 0 spiro atoms. The second kappa shape index (κ2) is 9.14. The molecule has 4 atom stereocenters. The van der Waals surface area contributed by atoms with Crippen molar-refractivity contribution >= 4 is 11.6 Å². The van der Waals surface area contributed by atoms with Crippen LogP contribution in [0.2, 0.25) is 0 Å². The Morgan fingerprint density at radius 3 is 2.08 bits per heavy atom. The number of allylic oxidation sites excluding steroid dienone is 1. The monoisotopic (exact) mass is 368 g/mol. The fraction of sp³-hybridized carbons (Fsp3) is 0.810. The molecule has 150 valence electrons. The van der Waals surface area contributed by atoms with Crippen LogP contribution in [0.4, 0.5) is 0 Å². The molecule has 0 heterocycles. The lowest BCUT2D eigenvalue weighted by Crippen LogP contribution is -2.49. The highest BCUT2D eigenvalue weighted by Crippen LogP contribution is 2.44. The molecule has 0 bridgehead atoms. The van der Waals surface area contributed by atoms with Crippen LogP contribution in [0.1, 0.15) is 73.6 Å². The zero-order valence-electron chi connectivity index (χ0n) is 17.1. The molecular weight excluding hydrogens is 332 g/mol. The van der Waals surface area contributed by atoms with Crippen molar-refractivity contribution in [2.75, 3.05) is 0 Å². The lowest BCUT2D eigenvalue weighted by atomic mass is 9.78. The normalized spacial score (nSPS) is 26.1. The van der Waals surface area contributed by atoms with Gasteiger partial charge in [0.15, 0.2) is 17.2 Å². The van der Waals surface area contributed by atoms with Crippen LogP contribution in [0, 0.1) is 23.7 Å². The van der Waals surface area contributed by atoms with Crippen LogP contribution < -0.4 is 0 Å². The summed E-state index contributed by atoms with van der Waals surface area (Å²) >= 11 is 0. The van der Waals surface area contributed by atoms with Crippen LogP contribution in [0.15, 0.2) is 11.3 Å². The molecule has 0 aromatic heterocycles. The van der Waals surface area contributed by atoms with E-state index in [0.29, 0.717) is 37.5 Å². The molecule has 5 nitrogen and oxygen atoms in total. The van der Waals surface area contributed by atoms with Crippen molar-refractivity contribution in [2.24, 2.45) is 23.7 Å². The summed E-state index contributed by atoms with van der Waals surface area (Å²) in [5.41, 5.74) is -2.38. The number of Topliss-reactive ketones (excluding diaryl/α,β-unsaturated/α-hetero) is 2. The molecule has 0 radical (unpaired) electrons. The summed E-state index contributed by atoms with van der Waals surface area (Å²) in [6.45, 7) is 11.5. The zero-order valence-corrected chi connectivity index (χ0v) is 17.1. The molecule has 0 aromatic carbocycles. The van der Waals surface area contributed by atoms with Gasteiger partial charge in [-0.3, -0.25) is 9.59 Å². The summed E-state index contributed by atoms with van der Waals surface area (Å²) in [5.74, 6) is -2.39. The Balaban J connectivity index is 3.29. The van der Waals surface area contributed by atoms with Gasteiger partial charge >= 0.3 is 0 Å². The Labute approximate surface area is 157 Å². The Morgan fingerprint density at radius 2 is 1.62 bits per heavy atom. The van der Waals surface area contributed by atoms with Crippen molar-refractivity contribution in [2.45, 2.75) is 85.4 Å². The van der Waals surface area contributed by atoms with E-state index >= 15 is 0 Å². The lowest BCUT2D eigenvalue weighted by molar-refractivity contribution is -0.137. The van der Waals surface area contributed by atoms with Gasteiger partial charge in [-0.1, -0.05) is 48.0 Å². The van der Waals surface area contributed by atoms with E-state index in [1.807, 2.05) is 34.6 Å². The Kier molecular flexibility index (Phi) is 8.03. The quantitative estimate of drug-likeness (QED) is 0.512. The first-order valence-electron chi connectivity index (χ1n) is 9.90. The first kappa shape index (κ1) is 22.8. The fourth-order valence-corrected chi connectivity index (χ4v) is 3.48. The molecule has 1 rings (SSSR count). The van der Waals surface area contributed by atoms with Crippen molar-refractivity contribution < 1.29 is 24.9 Å². The van der Waals surface area contributed by atoms with E-state index in [2.05, 4.69) is 0 Å². The van der Waals surface area contributed by atoms with Gasteiger partial charge in [-0.15, -0.1) is 0 Å². The minimum Gasteiger partial charge on any atom is -0.508 e. The SMILES string of the molecule is CCC(C)C(=O)C1=C(O)[C@@](O)([C@H](O)CCC(C)C)[C@H](CCC(C)C)C1=O. The number of aliphatic hydroxyl groups is 3. The second-order valence-electron chi connectivity index (χ2n) is 8.60. The lowest BCUT2D eigenvalue weighted by Gasteiger charge is -2.34. The van der Waals surface area contributed by atoms with Crippen molar-refractivity contribution in [3.63, 3.8) is 0 Å². The summed E-state index contributed by atoms with van der Waals surface area (Å²) < 4.78 is 0. The summed E-state index contributed by atoms with van der Waals surface area (Å²) in [4.78, 5) is 25.6. The predicted octanol–water partition coefficient (Wildman–Crippen LogP) is 3.58. The van der Waals surface area contributed by atoms with Crippen LogP contribution in [0.25, 0.3) is 0 Å². The molecule has 0 aliphatic heterocycles. The molecule has 0 amide bonds. The summed E-state index contributed by atoms with van der Waals surface area (Å²) in [6.07, 6.45) is 1.15. The highest BCUT2D eigenvalue weighted by molar-refractivity contribution is 6.24. The first-order valence-corrected chi connectivity index (χ1v) is 9.90. The number of hydrogen-bond acceptors (Lipinski definition) is 5. The largest absolute Gasteiger partial charge is 0.508 e. The maximum atomic E-state index is 12.9. The molecule has 0 aromatic rings. The molecule has 0 fully saturated rings. The van der Waals surface area contributed by atoms with Gasteiger partial charge in [0, 0.05) is 5.92 Å². The van der Waals surface area contributed by atoms with Crippen LogP contribution in [0.5, 0.6) is 0 Å². The second-order valence-corrected chi connectivity index (χ2v) is 8.60. The topological polar surface area (TPSA) is 94.8 Å². The smallest absolute Gasteiger partial charge is 0.176 e. The fourth-order valence-electron chi connectivity index (χ4n) is 3.48. The van der Waals surface area contributed by atoms with E-state index in [1.54, 1.807) is 6.92 Å². The van der Waals surface area contributed by atoms with Gasteiger partial charge in [0.1, 0.15) is 11.3 Å². The number of ketones is 2. The number of aliphatic hydroxyl groups excluding tert-OH is 2. The zero-order chi connectivity index (χ0) is 20.2. The van der Waals surface area contributed by atoms with E-state index in [-0.39, 0.29) is 12.0 Å². The summed E-state index contributed by atoms with van der Waals surface area (Å²) in [7, 11) is 0. The molecule has 5 heteroatoms. The average Bonchev–Trinajstić information content (AvgIpc) is 2.76. The third-order valence-corrected chi connectivity index (χ3v) is 5.57. The third kappa shape index (κ3) is 4.55. The molecular formula is C21H36O5. The minimum absolute atomic E-state index is 0.258. The van der Waals surface area contributed by atoms with Crippen molar-refractivity contribution in [3.05, 3.63) is 11.3 Å². The van der Waals surface area contributed by atoms with E-state index in [0.717, 1.165) is 0 Å². The van der Waals surface area contributed by atoms with Crippen LogP contribution in [-0.2, 0) is 9.59 Å². The number of carbonyl (C=O) groups excluding carboxylic acids is 2.